The summed E-state index contributed by atoms with van der Waals surface area (Å²) < 4.78 is 27.4. The van der Waals surface area contributed by atoms with Crippen LogP contribution in [0.15, 0.2) is 66.0 Å². The van der Waals surface area contributed by atoms with Crippen molar-refractivity contribution in [1.82, 2.24) is 18.8 Å². The van der Waals surface area contributed by atoms with Crippen LogP contribution >= 0.6 is 0 Å². The number of hydrogen-bond acceptors (Lipinski definition) is 6. The summed E-state index contributed by atoms with van der Waals surface area (Å²) in [6.07, 6.45) is 5.12. The van der Waals surface area contributed by atoms with E-state index >= 15 is 0 Å². The predicted octanol–water partition coefficient (Wildman–Crippen LogP) is 2.15. The second kappa shape index (κ2) is 7.73. The minimum absolute atomic E-state index is 0.307. The fourth-order valence-electron chi connectivity index (χ4n) is 3.37. The van der Waals surface area contributed by atoms with Crippen LogP contribution in [-0.4, -0.2) is 53.4 Å². The van der Waals surface area contributed by atoms with Crippen LogP contribution in [0, 0.1) is 6.92 Å². The van der Waals surface area contributed by atoms with E-state index < -0.39 is 10.0 Å². The largest absolute Gasteiger partial charge is 0.338 e. The lowest BCUT2D eigenvalue weighted by Gasteiger charge is -2.34. The van der Waals surface area contributed by atoms with E-state index in [0.29, 0.717) is 11.4 Å². The van der Waals surface area contributed by atoms with E-state index in [1.165, 1.54) is 3.97 Å². The lowest BCUT2D eigenvalue weighted by Crippen LogP contribution is -2.46. The van der Waals surface area contributed by atoms with Crippen LogP contribution in [0.5, 0.6) is 0 Å². The molecule has 0 N–H and O–H groups in total. The number of nitrogens with zero attached hydrogens (tertiary/aromatic N) is 5. The zero-order valence-electron chi connectivity index (χ0n) is 15.8. The van der Waals surface area contributed by atoms with E-state index in [1.807, 2.05) is 31.2 Å². The third-order valence-corrected chi connectivity index (χ3v) is 6.71. The maximum atomic E-state index is 13.0. The Morgan fingerprint density at radius 2 is 1.61 bits per heavy atom. The molecule has 7 nitrogen and oxygen atoms in total. The number of piperazine rings is 1. The highest BCUT2D eigenvalue weighted by Gasteiger charge is 2.23. The molecule has 0 radical (unpaired) electrons. The van der Waals surface area contributed by atoms with Gasteiger partial charge in [-0.3, -0.25) is 4.90 Å². The summed E-state index contributed by atoms with van der Waals surface area (Å²) in [5.74, 6) is 0.743. The molecule has 28 heavy (non-hydrogen) atoms. The molecule has 0 unspecified atom stereocenters. The highest BCUT2D eigenvalue weighted by Crippen LogP contribution is 2.19. The quantitative estimate of drug-likeness (QED) is 0.657. The Morgan fingerprint density at radius 1 is 0.929 bits per heavy atom. The van der Waals surface area contributed by atoms with Gasteiger partial charge in [0.25, 0.3) is 10.0 Å². The fraction of sp³-hybridized carbons (Fsp3) is 0.300. The van der Waals surface area contributed by atoms with Gasteiger partial charge in [-0.1, -0.05) is 17.7 Å². The minimum Gasteiger partial charge on any atom is -0.338 e. The molecule has 0 spiro atoms. The number of aromatic nitrogens is 3. The standard InChI is InChI=1S/C20H23N5O2S/c1-17-5-7-19(8-6-17)28(26,27)25-11-2-4-18(25)16-23-12-14-24(15-13-23)20-21-9-3-10-22-20/h2-11H,12-16H2,1H3. The molecule has 0 amide bonds. The molecule has 1 aliphatic heterocycles. The van der Waals surface area contributed by atoms with Gasteiger partial charge in [0.05, 0.1) is 4.90 Å². The average molecular weight is 398 g/mol. The summed E-state index contributed by atoms with van der Waals surface area (Å²) in [6.45, 7) is 5.81. The van der Waals surface area contributed by atoms with Crippen LogP contribution in [0.2, 0.25) is 0 Å². The lowest BCUT2D eigenvalue weighted by atomic mass is 10.2. The van der Waals surface area contributed by atoms with Gasteiger partial charge in [-0.25, -0.2) is 22.4 Å². The Kier molecular flexibility index (Phi) is 5.15. The van der Waals surface area contributed by atoms with Crippen molar-refractivity contribution in [3.05, 3.63) is 72.3 Å². The first-order valence-corrected chi connectivity index (χ1v) is 10.7. The summed E-state index contributed by atoms with van der Waals surface area (Å²) >= 11 is 0. The van der Waals surface area contributed by atoms with Crippen molar-refractivity contribution in [2.75, 3.05) is 31.1 Å². The molecule has 3 aromatic rings. The Morgan fingerprint density at radius 3 is 2.29 bits per heavy atom. The van der Waals surface area contributed by atoms with Gasteiger partial charge in [-0.05, 0) is 37.3 Å². The number of aryl methyl sites for hydroxylation is 1. The normalized spacial score (nSPS) is 15.7. The molecule has 0 aliphatic carbocycles. The monoisotopic (exact) mass is 397 g/mol. The Bertz CT molecular complexity index is 1020. The highest BCUT2D eigenvalue weighted by atomic mass is 32.2. The van der Waals surface area contributed by atoms with Crippen molar-refractivity contribution in [3.63, 3.8) is 0 Å². The third-order valence-electron chi connectivity index (χ3n) is 4.96. The second-order valence-electron chi connectivity index (χ2n) is 6.93. The van der Waals surface area contributed by atoms with Crippen molar-refractivity contribution in [3.8, 4) is 0 Å². The van der Waals surface area contributed by atoms with Gasteiger partial charge in [0.2, 0.25) is 5.95 Å². The molecule has 1 aromatic carbocycles. The first kappa shape index (κ1) is 18.6. The number of anilines is 1. The molecule has 4 rings (SSSR count). The second-order valence-corrected chi connectivity index (χ2v) is 8.74. The predicted molar refractivity (Wildman–Crippen MR) is 108 cm³/mol. The summed E-state index contributed by atoms with van der Waals surface area (Å²) in [5, 5.41) is 0. The van der Waals surface area contributed by atoms with E-state index in [4.69, 9.17) is 0 Å². The first-order valence-electron chi connectivity index (χ1n) is 9.27. The molecular formula is C20H23N5O2S. The van der Waals surface area contributed by atoms with Crippen molar-refractivity contribution < 1.29 is 8.42 Å². The van der Waals surface area contributed by atoms with Crippen LogP contribution in [0.25, 0.3) is 0 Å². The lowest BCUT2D eigenvalue weighted by molar-refractivity contribution is 0.245. The Balaban J connectivity index is 1.46. The van der Waals surface area contributed by atoms with E-state index in [1.54, 1.807) is 36.8 Å². The topological polar surface area (TPSA) is 71.3 Å². The molecule has 0 bridgehead atoms. The molecule has 1 fully saturated rings. The smallest absolute Gasteiger partial charge is 0.267 e. The van der Waals surface area contributed by atoms with Gasteiger partial charge in [-0.15, -0.1) is 0 Å². The van der Waals surface area contributed by atoms with Gasteiger partial charge in [0, 0.05) is 57.0 Å². The Labute approximate surface area is 165 Å². The Hall–Kier alpha value is -2.71. The first-order chi connectivity index (χ1) is 13.5. The van der Waals surface area contributed by atoms with E-state index in [0.717, 1.165) is 43.4 Å². The molecular weight excluding hydrogens is 374 g/mol. The van der Waals surface area contributed by atoms with Crippen LogP contribution in [0.4, 0.5) is 5.95 Å². The van der Waals surface area contributed by atoms with Gasteiger partial charge < -0.3 is 4.90 Å². The minimum atomic E-state index is -3.59. The molecule has 8 heteroatoms. The molecule has 2 aromatic heterocycles. The highest BCUT2D eigenvalue weighted by molar-refractivity contribution is 7.90. The molecule has 0 saturated carbocycles. The van der Waals surface area contributed by atoms with Crippen LogP contribution in [-0.2, 0) is 16.6 Å². The molecule has 146 valence electrons. The van der Waals surface area contributed by atoms with Crippen molar-refractivity contribution in [1.29, 1.82) is 0 Å². The summed E-state index contributed by atoms with van der Waals surface area (Å²) in [6, 6.07) is 12.4. The van der Waals surface area contributed by atoms with Crippen LogP contribution in [0.1, 0.15) is 11.3 Å². The van der Waals surface area contributed by atoms with Crippen LogP contribution < -0.4 is 4.90 Å². The van der Waals surface area contributed by atoms with Gasteiger partial charge in [0.1, 0.15) is 0 Å². The van der Waals surface area contributed by atoms with E-state index in [2.05, 4.69) is 19.8 Å². The summed E-state index contributed by atoms with van der Waals surface area (Å²) in [4.78, 5) is 13.3. The molecule has 1 aliphatic rings. The third kappa shape index (κ3) is 3.79. The SMILES string of the molecule is Cc1ccc(S(=O)(=O)n2cccc2CN2CCN(c3ncccn3)CC2)cc1. The molecule has 0 atom stereocenters. The average Bonchev–Trinajstić information content (AvgIpc) is 3.19. The van der Waals surface area contributed by atoms with Crippen molar-refractivity contribution in [2.24, 2.45) is 0 Å². The van der Waals surface area contributed by atoms with Gasteiger partial charge >= 0.3 is 0 Å². The molecule has 1 saturated heterocycles. The maximum Gasteiger partial charge on any atom is 0.267 e. The zero-order valence-corrected chi connectivity index (χ0v) is 16.6. The van der Waals surface area contributed by atoms with Gasteiger partial charge in [-0.2, -0.15) is 0 Å². The van der Waals surface area contributed by atoms with Crippen LogP contribution in [0.3, 0.4) is 0 Å². The van der Waals surface area contributed by atoms with E-state index in [-0.39, 0.29) is 0 Å². The zero-order chi connectivity index (χ0) is 19.6. The number of hydrogen-bond donors (Lipinski definition) is 0. The van der Waals surface area contributed by atoms with E-state index in [9.17, 15) is 8.42 Å². The fourth-order valence-corrected chi connectivity index (χ4v) is 4.74. The number of benzene rings is 1. The van der Waals surface area contributed by atoms with Crippen molar-refractivity contribution >= 4 is 16.0 Å². The van der Waals surface area contributed by atoms with Gasteiger partial charge in [0.15, 0.2) is 0 Å². The maximum absolute atomic E-state index is 13.0. The molecule has 3 heterocycles. The summed E-state index contributed by atoms with van der Waals surface area (Å²) in [7, 11) is -3.59. The van der Waals surface area contributed by atoms with Crippen molar-refractivity contribution in [2.45, 2.75) is 18.4 Å². The number of rotatable bonds is 5. The summed E-state index contributed by atoms with van der Waals surface area (Å²) in [5.41, 5.74) is 1.80.